The van der Waals surface area contributed by atoms with Crippen LogP contribution in [0.25, 0.3) is 11.0 Å². The van der Waals surface area contributed by atoms with Gasteiger partial charge in [-0.05, 0) is 37.1 Å². The third-order valence-electron chi connectivity index (χ3n) is 6.30. The van der Waals surface area contributed by atoms with Crippen molar-refractivity contribution in [1.82, 2.24) is 19.9 Å². The lowest BCUT2D eigenvalue weighted by Gasteiger charge is -2.33. The van der Waals surface area contributed by atoms with Gasteiger partial charge in [0.2, 0.25) is 5.91 Å². The number of carbonyl (C=O) groups excluding carboxylic acids is 2. The van der Waals surface area contributed by atoms with Gasteiger partial charge in [0.15, 0.2) is 5.78 Å². The van der Waals surface area contributed by atoms with E-state index in [-0.39, 0.29) is 22.8 Å². The van der Waals surface area contributed by atoms with E-state index >= 15 is 0 Å². The lowest BCUT2D eigenvalue weighted by atomic mass is 10.0. The fraction of sp³-hybridized carbons (Fsp3) is 0.259. The van der Waals surface area contributed by atoms with Crippen LogP contribution in [0.4, 0.5) is 5.82 Å². The molecule has 0 aliphatic carbocycles. The highest BCUT2D eigenvalue weighted by atomic mass is 79.9. The first-order valence-corrected chi connectivity index (χ1v) is 13.5. The van der Waals surface area contributed by atoms with Crippen molar-refractivity contribution in [1.29, 1.82) is 0 Å². The van der Waals surface area contributed by atoms with Gasteiger partial charge in [0.1, 0.15) is 29.3 Å². The number of carbonyl (C=O) groups is 2. The van der Waals surface area contributed by atoms with Crippen molar-refractivity contribution >= 4 is 56.1 Å². The topological polar surface area (TPSA) is 100 Å². The molecule has 0 radical (unpaired) electrons. The maximum Gasteiger partial charge on any atom is 0.223 e. The molecular formula is C27H25BrClN5O3. The summed E-state index contributed by atoms with van der Waals surface area (Å²) in [6, 6.07) is 14.4. The number of hydrogen-bond acceptors (Lipinski definition) is 6. The molecule has 1 amide bonds. The molecule has 0 saturated carbocycles. The summed E-state index contributed by atoms with van der Waals surface area (Å²) >= 11 is 9.87. The van der Waals surface area contributed by atoms with Crippen molar-refractivity contribution in [2.24, 2.45) is 0 Å². The van der Waals surface area contributed by atoms with Crippen molar-refractivity contribution in [3.05, 3.63) is 77.2 Å². The maximum atomic E-state index is 13.6. The van der Waals surface area contributed by atoms with Crippen LogP contribution in [0.15, 0.2) is 61.1 Å². The molecule has 1 atom stereocenters. The summed E-state index contributed by atoms with van der Waals surface area (Å²) in [7, 11) is 0. The SMILES string of the molecule is O=C(c1ccc(Oc2ccccc2)cc1Cl)c1c[nH]c2ncnc(N[C@@H]3CCCN(C(=O)CCBr)C3)c12. The number of H-pyrrole nitrogens is 1. The number of benzene rings is 2. The first kappa shape index (κ1) is 25.2. The van der Waals surface area contributed by atoms with E-state index in [2.05, 4.69) is 36.2 Å². The van der Waals surface area contributed by atoms with Gasteiger partial charge >= 0.3 is 0 Å². The van der Waals surface area contributed by atoms with Gasteiger partial charge < -0.3 is 19.9 Å². The standard InChI is InChI=1S/C27H25BrClN5O3/c28-11-10-23(35)34-12-4-5-17(15-34)33-27-24-21(14-30-26(24)31-16-32-27)25(36)20-9-8-19(13-22(20)29)37-18-6-2-1-3-7-18/h1-3,6-9,13-14,16-17H,4-5,10-12,15H2,(H2,30,31,32,33)/t17-/m1/s1. The van der Waals surface area contributed by atoms with Gasteiger partial charge in [-0.1, -0.05) is 45.7 Å². The zero-order valence-electron chi connectivity index (χ0n) is 19.9. The quantitative estimate of drug-likeness (QED) is 0.201. The van der Waals surface area contributed by atoms with Crippen LogP contribution in [0.5, 0.6) is 11.5 Å². The molecule has 10 heteroatoms. The molecule has 2 aromatic carbocycles. The normalized spacial score (nSPS) is 15.5. The number of hydrogen-bond donors (Lipinski definition) is 2. The summed E-state index contributed by atoms with van der Waals surface area (Å²) in [5, 5.41) is 4.97. The van der Waals surface area contributed by atoms with Gasteiger partial charge in [-0.2, -0.15) is 0 Å². The van der Waals surface area contributed by atoms with Gasteiger partial charge in [0.25, 0.3) is 0 Å². The average Bonchev–Trinajstić information content (AvgIpc) is 3.35. The van der Waals surface area contributed by atoms with Crippen molar-refractivity contribution in [2.45, 2.75) is 25.3 Å². The molecule has 8 nitrogen and oxygen atoms in total. The highest BCUT2D eigenvalue weighted by Crippen LogP contribution is 2.32. The third-order valence-corrected chi connectivity index (χ3v) is 7.01. The molecule has 1 fully saturated rings. The Bertz CT molecular complexity index is 1430. The number of para-hydroxylation sites is 1. The number of nitrogens with zero attached hydrogens (tertiary/aromatic N) is 3. The number of nitrogens with one attached hydrogen (secondary N) is 2. The van der Waals surface area contributed by atoms with Gasteiger partial charge in [0.05, 0.1) is 16.0 Å². The first-order chi connectivity index (χ1) is 18.0. The lowest BCUT2D eigenvalue weighted by Crippen LogP contribution is -2.45. The zero-order chi connectivity index (χ0) is 25.8. The van der Waals surface area contributed by atoms with Crippen LogP contribution >= 0.6 is 27.5 Å². The molecule has 0 bridgehead atoms. The van der Waals surface area contributed by atoms with Crippen molar-refractivity contribution in [2.75, 3.05) is 23.7 Å². The second-order valence-electron chi connectivity index (χ2n) is 8.80. The molecule has 4 aromatic rings. The van der Waals surface area contributed by atoms with Crippen molar-refractivity contribution < 1.29 is 14.3 Å². The van der Waals surface area contributed by atoms with Crippen LogP contribution in [0.3, 0.4) is 0 Å². The molecule has 37 heavy (non-hydrogen) atoms. The van der Waals surface area contributed by atoms with Gasteiger partial charge in [0, 0.05) is 48.7 Å². The fourth-order valence-electron chi connectivity index (χ4n) is 4.52. The number of anilines is 1. The minimum atomic E-state index is -0.252. The summed E-state index contributed by atoms with van der Waals surface area (Å²) in [5.41, 5.74) is 1.31. The number of fused-ring (bicyclic) bond motifs is 1. The lowest BCUT2D eigenvalue weighted by molar-refractivity contribution is -0.131. The number of rotatable bonds is 8. The van der Waals surface area contributed by atoms with Crippen LogP contribution in [0, 0.1) is 0 Å². The van der Waals surface area contributed by atoms with Gasteiger partial charge in [-0.25, -0.2) is 9.97 Å². The van der Waals surface area contributed by atoms with Crippen LogP contribution in [-0.2, 0) is 4.79 Å². The van der Waals surface area contributed by atoms with E-state index < -0.39 is 0 Å². The Balaban J connectivity index is 1.39. The highest BCUT2D eigenvalue weighted by Gasteiger charge is 2.26. The van der Waals surface area contributed by atoms with E-state index in [4.69, 9.17) is 16.3 Å². The molecule has 190 valence electrons. The molecule has 1 aliphatic heterocycles. The Morgan fingerprint density at radius 3 is 2.76 bits per heavy atom. The molecule has 0 unspecified atom stereocenters. The predicted molar refractivity (Wildman–Crippen MR) is 147 cm³/mol. The highest BCUT2D eigenvalue weighted by molar-refractivity contribution is 9.09. The Kier molecular flexibility index (Phi) is 7.71. The number of aromatic nitrogens is 3. The van der Waals surface area contributed by atoms with E-state index in [1.165, 1.54) is 6.33 Å². The van der Waals surface area contributed by atoms with Crippen LogP contribution in [0.1, 0.15) is 35.2 Å². The second kappa shape index (κ2) is 11.3. The minimum Gasteiger partial charge on any atom is -0.457 e. The zero-order valence-corrected chi connectivity index (χ0v) is 22.3. The first-order valence-electron chi connectivity index (χ1n) is 12.0. The molecule has 5 rings (SSSR count). The van der Waals surface area contributed by atoms with E-state index in [9.17, 15) is 9.59 Å². The summed E-state index contributed by atoms with van der Waals surface area (Å²) in [5.74, 6) is 1.64. The van der Waals surface area contributed by atoms with E-state index in [0.717, 1.165) is 19.4 Å². The Labute approximate surface area is 227 Å². The van der Waals surface area contributed by atoms with Crippen LogP contribution in [0.2, 0.25) is 5.02 Å². The molecule has 0 spiro atoms. The van der Waals surface area contributed by atoms with Crippen LogP contribution < -0.4 is 10.1 Å². The van der Waals surface area contributed by atoms with Crippen molar-refractivity contribution in [3.63, 3.8) is 0 Å². The molecule has 2 N–H and O–H groups in total. The Hall–Kier alpha value is -3.43. The average molecular weight is 583 g/mol. The number of piperidine rings is 1. The minimum absolute atomic E-state index is 0.0157. The Morgan fingerprint density at radius 2 is 1.97 bits per heavy atom. The summed E-state index contributed by atoms with van der Waals surface area (Å²) in [6.07, 6.45) is 5.34. The second-order valence-corrected chi connectivity index (χ2v) is 10.00. The van der Waals surface area contributed by atoms with E-state index in [1.54, 1.807) is 24.4 Å². The van der Waals surface area contributed by atoms with Crippen molar-refractivity contribution in [3.8, 4) is 11.5 Å². The van der Waals surface area contributed by atoms with Crippen LogP contribution in [-0.4, -0.2) is 56.0 Å². The fourth-order valence-corrected chi connectivity index (χ4v) is 5.11. The molecule has 2 aromatic heterocycles. The number of amides is 1. The van der Waals surface area contributed by atoms with E-state index in [0.29, 0.717) is 57.8 Å². The largest absolute Gasteiger partial charge is 0.457 e. The number of halogens is 2. The summed E-state index contributed by atoms with van der Waals surface area (Å²) in [4.78, 5) is 39.7. The smallest absolute Gasteiger partial charge is 0.223 e. The number of ether oxygens (including phenoxy) is 1. The maximum absolute atomic E-state index is 13.6. The van der Waals surface area contributed by atoms with Gasteiger partial charge in [-0.15, -0.1) is 0 Å². The molecule has 1 saturated heterocycles. The molecule has 1 aliphatic rings. The predicted octanol–water partition coefficient (Wildman–Crippen LogP) is 5.82. The monoisotopic (exact) mass is 581 g/mol. The number of likely N-dealkylation sites (tertiary alicyclic amines) is 1. The molecule has 3 heterocycles. The summed E-state index contributed by atoms with van der Waals surface area (Å²) < 4.78 is 5.84. The summed E-state index contributed by atoms with van der Waals surface area (Å²) in [6.45, 7) is 1.33. The third kappa shape index (κ3) is 5.62. The Morgan fingerprint density at radius 1 is 1.14 bits per heavy atom. The number of aromatic amines is 1. The number of alkyl halides is 1. The van der Waals surface area contributed by atoms with E-state index in [1.807, 2.05) is 35.2 Å². The van der Waals surface area contributed by atoms with Gasteiger partial charge in [-0.3, -0.25) is 9.59 Å². The molecular weight excluding hydrogens is 558 g/mol. The number of ketones is 1.